The monoisotopic (exact) mass is 224 g/mol. The molecule has 0 unspecified atom stereocenters. The zero-order valence-corrected chi connectivity index (χ0v) is 9.78. The van der Waals surface area contributed by atoms with Gasteiger partial charge in [-0.3, -0.25) is 4.79 Å². The van der Waals surface area contributed by atoms with Gasteiger partial charge in [0.1, 0.15) is 5.75 Å². The molecule has 0 aliphatic heterocycles. The van der Waals surface area contributed by atoms with Crippen molar-refractivity contribution in [3.63, 3.8) is 0 Å². The van der Waals surface area contributed by atoms with Crippen LogP contribution in [0.5, 0.6) is 17.2 Å². The first kappa shape index (κ1) is 12.4. The largest absolute Gasteiger partial charge is 0.493 e. The van der Waals surface area contributed by atoms with Crippen molar-refractivity contribution in [2.45, 2.75) is 20.3 Å². The van der Waals surface area contributed by atoms with E-state index in [0.29, 0.717) is 23.9 Å². The van der Waals surface area contributed by atoms with Crippen molar-refractivity contribution >= 4 is 5.97 Å². The summed E-state index contributed by atoms with van der Waals surface area (Å²) in [7, 11) is 1.55. The molecule has 0 atom stereocenters. The molecule has 0 spiro atoms. The molecule has 0 N–H and O–H groups in total. The van der Waals surface area contributed by atoms with Gasteiger partial charge in [0, 0.05) is 13.0 Å². The second kappa shape index (κ2) is 6.00. The first-order valence-corrected chi connectivity index (χ1v) is 5.16. The molecule has 0 amide bonds. The van der Waals surface area contributed by atoms with Gasteiger partial charge >= 0.3 is 5.97 Å². The maximum atomic E-state index is 10.8. The van der Waals surface area contributed by atoms with Gasteiger partial charge in [-0.15, -0.1) is 0 Å². The van der Waals surface area contributed by atoms with Crippen molar-refractivity contribution in [2.75, 3.05) is 13.7 Å². The van der Waals surface area contributed by atoms with E-state index >= 15 is 0 Å². The molecule has 0 bridgehead atoms. The zero-order chi connectivity index (χ0) is 12.0. The molecule has 4 nitrogen and oxygen atoms in total. The Labute approximate surface area is 95.1 Å². The van der Waals surface area contributed by atoms with Crippen LogP contribution in [0.25, 0.3) is 0 Å². The standard InChI is InChI=1S/C12H16O4/c1-4-7-15-11-6-5-10(16-9(2)13)8-12(11)14-3/h5-6,8H,4,7H2,1-3H3. The molecule has 0 saturated heterocycles. The van der Waals surface area contributed by atoms with E-state index in [0.717, 1.165) is 6.42 Å². The van der Waals surface area contributed by atoms with Gasteiger partial charge < -0.3 is 14.2 Å². The van der Waals surface area contributed by atoms with Gasteiger partial charge in [0.05, 0.1) is 13.7 Å². The first-order valence-electron chi connectivity index (χ1n) is 5.16. The maximum Gasteiger partial charge on any atom is 0.308 e. The molecule has 0 heterocycles. The summed E-state index contributed by atoms with van der Waals surface area (Å²) in [4.78, 5) is 10.8. The highest BCUT2D eigenvalue weighted by atomic mass is 16.5. The Balaban J connectivity index is 2.83. The molecule has 0 aromatic heterocycles. The topological polar surface area (TPSA) is 44.8 Å². The molecule has 0 aliphatic carbocycles. The van der Waals surface area contributed by atoms with E-state index in [4.69, 9.17) is 14.2 Å². The van der Waals surface area contributed by atoms with Crippen LogP contribution in [0.1, 0.15) is 20.3 Å². The Bertz CT molecular complexity index is 360. The van der Waals surface area contributed by atoms with E-state index in [1.807, 2.05) is 6.92 Å². The normalized spacial score (nSPS) is 9.69. The zero-order valence-electron chi connectivity index (χ0n) is 9.78. The van der Waals surface area contributed by atoms with Gasteiger partial charge in [-0.2, -0.15) is 0 Å². The van der Waals surface area contributed by atoms with Crippen LogP contribution in [0.4, 0.5) is 0 Å². The number of methoxy groups -OCH3 is 1. The molecule has 4 heteroatoms. The van der Waals surface area contributed by atoms with Crippen molar-refractivity contribution in [1.29, 1.82) is 0 Å². The lowest BCUT2D eigenvalue weighted by molar-refractivity contribution is -0.131. The number of carbonyl (C=O) groups is 1. The lowest BCUT2D eigenvalue weighted by Gasteiger charge is -2.11. The predicted octanol–water partition coefficient (Wildman–Crippen LogP) is 2.41. The van der Waals surface area contributed by atoms with Crippen molar-refractivity contribution in [3.05, 3.63) is 18.2 Å². The highest BCUT2D eigenvalue weighted by Gasteiger charge is 2.07. The number of ether oxygens (including phenoxy) is 3. The van der Waals surface area contributed by atoms with Crippen LogP contribution in [-0.4, -0.2) is 19.7 Å². The fourth-order valence-corrected chi connectivity index (χ4v) is 1.21. The van der Waals surface area contributed by atoms with Gasteiger partial charge in [-0.25, -0.2) is 0 Å². The average molecular weight is 224 g/mol. The van der Waals surface area contributed by atoms with Crippen LogP contribution in [0.3, 0.4) is 0 Å². The summed E-state index contributed by atoms with van der Waals surface area (Å²) in [5.41, 5.74) is 0. The van der Waals surface area contributed by atoms with Gasteiger partial charge in [-0.05, 0) is 18.6 Å². The maximum absolute atomic E-state index is 10.8. The lowest BCUT2D eigenvalue weighted by Crippen LogP contribution is -2.02. The van der Waals surface area contributed by atoms with Gasteiger partial charge in [-0.1, -0.05) is 6.92 Å². The fourth-order valence-electron chi connectivity index (χ4n) is 1.21. The summed E-state index contributed by atoms with van der Waals surface area (Å²) >= 11 is 0. The number of rotatable bonds is 5. The van der Waals surface area contributed by atoms with Crippen LogP contribution in [0.15, 0.2) is 18.2 Å². The quantitative estimate of drug-likeness (QED) is 0.569. The van der Waals surface area contributed by atoms with Crippen LogP contribution in [0, 0.1) is 0 Å². The fraction of sp³-hybridized carbons (Fsp3) is 0.417. The summed E-state index contributed by atoms with van der Waals surface area (Å²) in [5.74, 6) is 1.31. The van der Waals surface area contributed by atoms with Crippen molar-refractivity contribution in [1.82, 2.24) is 0 Å². The van der Waals surface area contributed by atoms with Crippen LogP contribution in [0.2, 0.25) is 0 Å². The highest BCUT2D eigenvalue weighted by Crippen LogP contribution is 2.31. The summed E-state index contributed by atoms with van der Waals surface area (Å²) in [6, 6.07) is 5.04. The molecule has 0 saturated carbocycles. The van der Waals surface area contributed by atoms with Crippen LogP contribution < -0.4 is 14.2 Å². The highest BCUT2D eigenvalue weighted by molar-refractivity contribution is 5.69. The molecular formula is C12H16O4. The Morgan fingerprint density at radius 1 is 1.31 bits per heavy atom. The Kier molecular flexibility index (Phi) is 4.64. The average Bonchev–Trinajstić information content (AvgIpc) is 2.26. The molecule has 88 valence electrons. The molecule has 16 heavy (non-hydrogen) atoms. The third kappa shape index (κ3) is 3.46. The third-order valence-corrected chi connectivity index (χ3v) is 1.86. The Morgan fingerprint density at radius 2 is 2.06 bits per heavy atom. The molecule has 0 aliphatic rings. The number of esters is 1. The smallest absolute Gasteiger partial charge is 0.308 e. The summed E-state index contributed by atoms with van der Waals surface area (Å²) in [5, 5.41) is 0. The third-order valence-electron chi connectivity index (χ3n) is 1.86. The van der Waals surface area contributed by atoms with Crippen LogP contribution >= 0.6 is 0 Å². The number of benzene rings is 1. The molecule has 1 rings (SSSR count). The summed E-state index contributed by atoms with van der Waals surface area (Å²) in [6.07, 6.45) is 0.925. The van der Waals surface area contributed by atoms with Crippen molar-refractivity contribution in [3.8, 4) is 17.2 Å². The van der Waals surface area contributed by atoms with E-state index < -0.39 is 0 Å². The van der Waals surface area contributed by atoms with Crippen molar-refractivity contribution < 1.29 is 19.0 Å². The minimum absolute atomic E-state index is 0.357. The molecule has 1 aromatic rings. The number of carbonyl (C=O) groups excluding carboxylic acids is 1. The Hall–Kier alpha value is -1.71. The molecule has 0 fully saturated rings. The van der Waals surface area contributed by atoms with E-state index in [-0.39, 0.29) is 5.97 Å². The summed E-state index contributed by atoms with van der Waals surface area (Å²) in [6.45, 7) is 4.01. The van der Waals surface area contributed by atoms with Gasteiger partial charge in [0.15, 0.2) is 11.5 Å². The number of hydrogen-bond acceptors (Lipinski definition) is 4. The minimum atomic E-state index is -0.357. The minimum Gasteiger partial charge on any atom is -0.493 e. The Morgan fingerprint density at radius 3 is 2.62 bits per heavy atom. The second-order valence-electron chi connectivity index (χ2n) is 3.25. The predicted molar refractivity (Wildman–Crippen MR) is 60.1 cm³/mol. The molecule has 1 aromatic carbocycles. The molecule has 0 radical (unpaired) electrons. The van der Waals surface area contributed by atoms with E-state index in [1.165, 1.54) is 6.92 Å². The summed E-state index contributed by atoms with van der Waals surface area (Å²) < 4.78 is 15.6. The second-order valence-corrected chi connectivity index (χ2v) is 3.25. The number of hydrogen-bond donors (Lipinski definition) is 0. The van der Waals surface area contributed by atoms with Crippen molar-refractivity contribution in [2.24, 2.45) is 0 Å². The molecular weight excluding hydrogens is 208 g/mol. The van der Waals surface area contributed by atoms with Gasteiger partial charge in [0.25, 0.3) is 0 Å². The lowest BCUT2D eigenvalue weighted by atomic mass is 10.3. The van der Waals surface area contributed by atoms with Crippen LogP contribution in [-0.2, 0) is 4.79 Å². The van der Waals surface area contributed by atoms with E-state index in [9.17, 15) is 4.79 Å². The first-order chi connectivity index (χ1) is 7.67. The van der Waals surface area contributed by atoms with Gasteiger partial charge in [0.2, 0.25) is 0 Å². The SMILES string of the molecule is CCCOc1ccc(OC(C)=O)cc1OC. The van der Waals surface area contributed by atoms with E-state index in [2.05, 4.69) is 0 Å². The van der Waals surface area contributed by atoms with E-state index in [1.54, 1.807) is 25.3 Å².